The van der Waals surface area contributed by atoms with Crippen LogP contribution >= 0.6 is 0 Å². The Morgan fingerprint density at radius 1 is 0.968 bits per heavy atom. The van der Waals surface area contributed by atoms with E-state index >= 15 is 0 Å². The highest BCUT2D eigenvalue weighted by Gasteiger charge is 2.61. The van der Waals surface area contributed by atoms with E-state index in [4.69, 9.17) is 4.74 Å². The predicted molar refractivity (Wildman–Crippen MR) is 122 cm³/mol. The lowest BCUT2D eigenvalue weighted by atomic mass is 9.44. The fourth-order valence-corrected chi connectivity index (χ4v) is 8.89. The van der Waals surface area contributed by atoms with Crippen LogP contribution in [0.2, 0.25) is 0 Å². The molecule has 5 rings (SSSR count). The molecule has 31 heavy (non-hydrogen) atoms. The number of esters is 1. The minimum Gasteiger partial charge on any atom is -0.462 e. The van der Waals surface area contributed by atoms with Gasteiger partial charge >= 0.3 is 5.97 Å². The molecule has 9 atom stereocenters. The van der Waals surface area contributed by atoms with E-state index in [0.717, 1.165) is 37.0 Å². The molecule has 0 saturated heterocycles. The first-order valence-corrected chi connectivity index (χ1v) is 12.7. The molecule has 0 radical (unpaired) electrons. The summed E-state index contributed by atoms with van der Waals surface area (Å²) < 4.78 is 5.99. The van der Waals surface area contributed by atoms with Gasteiger partial charge in [0.05, 0.1) is 5.92 Å². The second-order valence-corrected chi connectivity index (χ2v) is 11.8. The summed E-state index contributed by atoms with van der Waals surface area (Å²) in [5.74, 6) is 3.37. The van der Waals surface area contributed by atoms with Crippen molar-refractivity contribution in [1.29, 1.82) is 0 Å². The number of allylic oxidation sites excluding steroid dienone is 1. The van der Waals surface area contributed by atoms with Crippen molar-refractivity contribution in [2.24, 2.45) is 51.3 Å². The van der Waals surface area contributed by atoms with Crippen molar-refractivity contribution >= 4 is 18.0 Å². The number of rotatable bonds is 3. The Labute approximate surface area is 187 Å². The third kappa shape index (κ3) is 3.43. The highest BCUT2D eigenvalue weighted by atomic mass is 16.5. The summed E-state index contributed by atoms with van der Waals surface area (Å²) in [6, 6.07) is 0. The largest absolute Gasteiger partial charge is 0.462 e. The van der Waals surface area contributed by atoms with Crippen LogP contribution in [0.3, 0.4) is 0 Å². The lowest BCUT2D eigenvalue weighted by Crippen LogP contribution is -2.54. The molecule has 0 aromatic carbocycles. The van der Waals surface area contributed by atoms with E-state index in [2.05, 4.69) is 18.8 Å². The normalized spacial score (nSPS) is 48.4. The fraction of sp³-hybridized carbons (Fsp3) is 0.815. The zero-order valence-corrected chi connectivity index (χ0v) is 19.5. The second kappa shape index (κ2) is 7.85. The van der Waals surface area contributed by atoms with Crippen molar-refractivity contribution in [1.82, 2.24) is 0 Å². The molecule has 170 valence electrons. The Morgan fingerprint density at radius 2 is 1.74 bits per heavy atom. The third-order valence-corrected chi connectivity index (χ3v) is 10.5. The molecule has 0 N–H and O–H groups in total. The first kappa shape index (κ1) is 21.4. The minimum atomic E-state index is -0.207. The van der Waals surface area contributed by atoms with E-state index in [-0.39, 0.29) is 29.3 Å². The number of carbonyl (C=O) groups is 2. The molecule has 0 bridgehead atoms. The molecule has 1 aliphatic heterocycles. The average Bonchev–Trinajstić information content (AvgIpc) is 3.12. The van der Waals surface area contributed by atoms with Crippen molar-refractivity contribution in [3.63, 3.8) is 0 Å². The van der Waals surface area contributed by atoms with Crippen molar-refractivity contribution in [3.05, 3.63) is 12.3 Å². The number of hydrogen-bond acceptors (Lipinski definition) is 4. The molecule has 5 aliphatic rings. The monoisotopic (exact) mass is 425 g/mol. The van der Waals surface area contributed by atoms with E-state index in [1.807, 2.05) is 13.0 Å². The summed E-state index contributed by atoms with van der Waals surface area (Å²) in [6.45, 7) is 6.80. The molecule has 4 heteroatoms. The quantitative estimate of drug-likeness (QED) is 0.541. The Bertz CT molecular complexity index is 802. The number of ether oxygens (including phenoxy) is 1. The van der Waals surface area contributed by atoms with Crippen molar-refractivity contribution in [3.8, 4) is 0 Å². The van der Waals surface area contributed by atoms with E-state index in [9.17, 15) is 9.59 Å². The van der Waals surface area contributed by atoms with Crippen molar-refractivity contribution in [2.75, 3.05) is 0 Å². The first-order valence-electron chi connectivity index (χ1n) is 12.7. The number of nitrogens with zero attached hydrogens (tertiary/aromatic N) is 1. The van der Waals surface area contributed by atoms with Gasteiger partial charge in [0.2, 0.25) is 0 Å². The lowest BCUT2D eigenvalue weighted by Gasteiger charge is -2.61. The van der Waals surface area contributed by atoms with Crippen LogP contribution < -0.4 is 0 Å². The van der Waals surface area contributed by atoms with Crippen LogP contribution in [0.5, 0.6) is 0 Å². The van der Waals surface area contributed by atoms with Crippen molar-refractivity contribution < 1.29 is 14.3 Å². The molecule has 0 amide bonds. The van der Waals surface area contributed by atoms with Gasteiger partial charge in [-0.05, 0) is 106 Å². The zero-order chi connectivity index (χ0) is 21.8. The van der Waals surface area contributed by atoms with Crippen LogP contribution in [0.15, 0.2) is 17.3 Å². The molecular formula is C27H39NO3. The highest BCUT2D eigenvalue weighted by molar-refractivity contribution is 5.90. The maximum absolute atomic E-state index is 12.6. The van der Waals surface area contributed by atoms with Gasteiger partial charge in [-0.3, -0.25) is 14.6 Å². The molecule has 4 aliphatic carbocycles. The maximum atomic E-state index is 12.6. The fourth-order valence-electron chi connectivity index (χ4n) is 8.89. The highest BCUT2D eigenvalue weighted by Crippen LogP contribution is 2.67. The molecule has 1 unspecified atom stereocenters. The number of Topliss-reactive ketones (excluding diaryl/α,β-unsaturated/α-hetero) is 1. The van der Waals surface area contributed by atoms with Crippen molar-refractivity contribution in [2.45, 2.75) is 91.1 Å². The maximum Gasteiger partial charge on any atom is 0.314 e. The zero-order valence-electron chi connectivity index (χ0n) is 19.5. The number of aliphatic imine (C=N–C) groups is 1. The number of hydrogen-bond donors (Lipinski definition) is 0. The van der Waals surface area contributed by atoms with Crippen LogP contribution in [0.4, 0.5) is 0 Å². The van der Waals surface area contributed by atoms with Crippen LogP contribution in [-0.2, 0) is 14.3 Å². The minimum absolute atomic E-state index is 0.0730. The van der Waals surface area contributed by atoms with Crippen LogP contribution in [0, 0.1) is 46.3 Å². The standard InChI is InChI=1S/C27H39NO3/c1-17(29)22-8-9-23-21-7-6-19-15-20(31-25(30)18-5-4-14-28-16-18)10-12-26(19,2)24(21)11-13-27(22,23)3/h4,14,16,18-24H,5-13,15H2,1-3H3/t18?,19-,20+,21-,22+,23-,24-,26-,27+/m0/s1. The van der Waals surface area contributed by atoms with Gasteiger partial charge in [-0.2, -0.15) is 0 Å². The van der Waals surface area contributed by atoms with Crippen LogP contribution in [0.25, 0.3) is 0 Å². The Kier molecular flexibility index (Phi) is 5.42. The Morgan fingerprint density at radius 3 is 2.48 bits per heavy atom. The lowest BCUT2D eigenvalue weighted by molar-refractivity contribution is -0.164. The molecule has 0 aromatic rings. The summed E-state index contributed by atoms with van der Waals surface area (Å²) >= 11 is 0. The average molecular weight is 426 g/mol. The molecule has 0 spiro atoms. The van der Waals surface area contributed by atoms with Gasteiger partial charge in [0.25, 0.3) is 0 Å². The molecule has 4 nitrogen and oxygen atoms in total. The molecule has 4 fully saturated rings. The molecule has 4 saturated carbocycles. The van der Waals surface area contributed by atoms with E-state index < -0.39 is 0 Å². The smallest absolute Gasteiger partial charge is 0.314 e. The van der Waals surface area contributed by atoms with Gasteiger partial charge in [0.1, 0.15) is 11.9 Å². The number of carbonyl (C=O) groups excluding carboxylic acids is 2. The summed E-state index contributed by atoms with van der Waals surface area (Å²) in [4.78, 5) is 29.1. The van der Waals surface area contributed by atoms with Gasteiger partial charge in [-0.15, -0.1) is 0 Å². The van der Waals surface area contributed by atoms with Gasteiger partial charge in [0.15, 0.2) is 0 Å². The van der Waals surface area contributed by atoms with Gasteiger partial charge < -0.3 is 4.74 Å². The SMILES string of the molecule is CC(=O)[C@H]1CC[C@H]2[C@@H]3CC[C@H]4C[C@H](OC(=O)C5C=NC=CC5)CC[C@]4(C)[C@H]3CC[C@]12C. The van der Waals surface area contributed by atoms with E-state index in [1.54, 1.807) is 12.4 Å². The molecule has 1 heterocycles. The summed E-state index contributed by atoms with van der Waals surface area (Å²) in [5.41, 5.74) is 0.607. The topological polar surface area (TPSA) is 55.7 Å². The molecule has 0 aromatic heterocycles. The number of fused-ring (bicyclic) bond motifs is 5. The van der Waals surface area contributed by atoms with Gasteiger partial charge in [-0.25, -0.2) is 0 Å². The molecular weight excluding hydrogens is 386 g/mol. The summed E-state index contributed by atoms with van der Waals surface area (Å²) in [7, 11) is 0. The van der Waals surface area contributed by atoms with Gasteiger partial charge in [-0.1, -0.05) is 19.9 Å². The summed E-state index contributed by atoms with van der Waals surface area (Å²) in [6.07, 6.45) is 16.8. The van der Waals surface area contributed by atoms with Crippen LogP contribution in [-0.4, -0.2) is 24.1 Å². The van der Waals surface area contributed by atoms with Gasteiger partial charge in [0, 0.05) is 18.3 Å². The van der Waals surface area contributed by atoms with E-state index in [1.165, 1.54) is 38.5 Å². The third-order valence-electron chi connectivity index (χ3n) is 10.5. The Hall–Kier alpha value is -1.45. The predicted octanol–water partition coefficient (Wildman–Crippen LogP) is 5.75. The summed E-state index contributed by atoms with van der Waals surface area (Å²) in [5, 5.41) is 0. The van der Waals surface area contributed by atoms with E-state index in [0.29, 0.717) is 23.5 Å². The number of ketones is 1. The first-order chi connectivity index (χ1) is 14.8. The Balaban J connectivity index is 1.26. The van der Waals surface area contributed by atoms with Crippen LogP contribution in [0.1, 0.15) is 85.0 Å². The second-order valence-electron chi connectivity index (χ2n) is 11.8.